The van der Waals surface area contributed by atoms with Gasteiger partial charge < -0.3 is 10.1 Å². The zero-order valence-corrected chi connectivity index (χ0v) is 11.3. The molecule has 2 rings (SSSR count). The maximum atomic E-state index is 13.3. The van der Waals surface area contributed by atoms with E-state index >= 15 is 0 Å². The van der Waals surface area contributed by atoms with E-state index in [9.17, 15) is 13.2 Å². The third-order valence-electron chi connectivity index (χ3n) is 3.17. The number of alkyl halides is 3. The summed E-state index contributed by atoms with van der Waals surface area (Å²) in [7, 11) is 1.38. The average molecular weight is 283 g/mol. The van der Waals surface area contributed by atoms with Gasteiger partial charge in [0.1, 0.15) is 11.8 Å². The molecule has 0 aliphatic rings. The summed E-state index contributed by atoms with van der Waals surface area (Å²) in [5, 5.41) is 3.81. The molecule has 0 amide bonds. The van der Waals surface area contributed by atoms with Gasteiger partial charge in [0, 0.05) is 5.56 Å². The number of nitrogens with one attached hydrogen (secondary N) is 1. The lowest BCUT2D eigenvalue weighted by molar-refractivity contribution is -0.157. The summed E-state index contributed by atoms with van der Waals surface area (Å²) >= 11 is 0. The Kier molecular flexibility index (Phi) is 4.18. The maximum Gasteiger partial charge on any atom is 0.408 e. The molecule has 1 atom stereocenters. The molecule has 0 heterocycles. The van der Waals surface area contributed by atoms with Crippen molar-refractivity contribution < 1.29 is 17.9 Å². The van der Waals surface area contributed by atoms with Crippen LogP contribution in [0.2, 0.25) is 0 Å². The highest BCUT2D eigenvalue weighted by Crippen LogP contribution is 2.41. The topological polar surface area (TPSA) is 21.3 Å². The fourth-order valence-electron chi connectivity index (χ4n) is 2.34. The second-order valence-electron chi connectivity index (χ2n) is 4.43. The first-order chi connectivity index (χ1) is 9.49. The molecule has 5 heteroatoms. The number of benzene rings is 2. The van der Waals surface area contributed by atoms with Crippen molar-refractivity contribution in [2.75, 3.05) is 13.7 Å². The zero-order valence-electron chi connectivity index (χ0n) is 11.3. The molecule has 0 radical (unpaired) electrons. The van der Waals surface area contributed by atoms with E-state index in [1.165, 1.54) is 7.11 Å². The van der Waals surface area contributed by atoms with Crippen LogP contribution in [-0.4, -0.2) is 19.8 Å². The average Bonchev–Trinajstić information content (AvgIpc) is 2.42. The third kappa shape index (κ3) is 2.72. The van der Waals surface area contributed by atoms with Crippen molar-refractivity contribution in [1.82, 2.24) is 5.32 Å². The van der Waals surface area contributed by atoms with Crippen LogP contribution in [0.1, 0.15) is 18.5 Å². The summed E-state index contributed by atoms with van der Waals surface area (Å²) in [4.78, 5) is 0. The van der Waals surface area contributed by atoms with Gasteiger partial charge in [-0.1, -0.05) is 37.3 Å². The predicted octanol–water partition coefficient (Wildman–Crippen LogP) is 4.06. The Morgan fingerprint density at radius 2 is 1.85 bits per heavy atom. The van der Waals surface area contributed by atoms with E-state index in [4.69, 9.17) is 4.74 Å². The van der Waals surface area contributed by atoms with Crippen LogP contribution < -0.4 is 10.1 Å². The first kappa shape index (κ1) is 14.7. The number of methoxy groups -OCH3 is 1. The molecule has 1 unspecified atom stereocenters. The fraction of sp³-hybridized carbons (Fsp3) is 0.333. The minimum atomic E-state index is -4.38. The Balaban J connectivity index is 2.71. The number of rotatable bonds is 4. The molecule has 0 spiro atoms. The smallest absolute Gasteiger partial charge is 0.408 e. The first-order valence-corrected chi connectivity index (χ1v) is 6.34. The molecule has 2 aromatic carbocycles. The number of halogens is 3. The van der Waals surface area contributed by atoms with Crippen molar-refractivity contribution in [2.45, 2.75) is 19.1 Å². The van der Waals surface area contributed by atoms with Gasteiger partial charge in [-0.15, -0.1) is 0 Å². The van der Waals surface area contributed by atoms with E-state index in [2.05, 4.69) is 5.32 Å². The van der Waals surface area contributed by atoms with Crippen LogP contribution in [0.3, 0.4) is 0 Å². The van der Waals surface area contributed by atoms with Gasteiger partial charge in [-0.3, -0.25) is 0 Å². The molecule has 2 nitrogen and oxygen atoms in total. The Bertz CT molecular complexity index is 595. The second kappa shape index (κ2) is 5.71. The maximum absolute atomic E-state index is 13.3. The van der Waals surface area contributed by atoms with Gasteiger partial charge in [0.25, 0.3) is 0 Å². The number of fused-ring (bicyclic) bond motifs is 1. The highest BCUT2D eigenvalue weighted by molar-refractivity contribution is 5.88. The molecule has 0 aliphatic heterocycles. The standard InChI is InChI=1S/C15H16F3NO/c1-3-19-14(15(16,17)18)13-11-7-5-4-6-10(11)8-9-12(13)20-2/h4-9,14,19H,3H2,1-2H3. The predicted molar refractivity (Wildman–Crippen MR) is 73.0 cm³/mol. The quantitative estimate of drug-likeness (QED) is 0.913. The molecule has 0 saturated carbocycles. The zero-order chi connectivity index (χ0) is 14.8. The van der Waals surface area contributed by atoms with Crippen LogP contribution in [0.25, 0.3) is 10.8 Å². The lowest BCUT2D eigenvalue weighted by Gasteiger charge is -2.24. The normalized spacial score (nSPS) is 13.4. The highest BCUT2D eigenvalue weighted by Gasteiger charge is 2.42. The summed E-state index contributed by atoms with van der Waals surface area (Å²) in [6.07, 6.45) is -4.38. The van der Waals surface area contributed by atoms with Crippen molar-refractivity contribution in [3.8, 4) is 5.75 Å². The summed E-state index contributed by atoms with van der Waals surface area (Å²) < 4.78 is 45.1. The SMILES string of the molecule is CCNC(c1c(OC)ccc2ccccc12)C(F)(F)F. The van der Waals surface area contributed by atoms with Gasteiger partial charge in [-0.25, -0.2) is 0 Å². The van der Waals surface area contributed by atoms with Crippen molar-refractivity contribution in [1.29, 1.82) is 0 Å². The first-order valence-electron chi connectivity index (χ1n) is 6.34. The van der Waals surface area contributed by atoms with E-state index in [1.54, 1.807) is 43.3 Å². The molecule has 20 heavy (non-hydrogen) atoms. The van der Waals surface area contributed by atoms with Gasteiger partial charge in [0.15, 0.2) is 0 Å². The summed E-state index contributed by atoms with van der Waals surface area (Å²) in [6, 6.07) is 8.60. The molecule has 0 saturated heterocycles. The van der Waals surface area contributed by atoms with Crippen molar-refractivity contribution in [3.63, 3.8) is 0 Å². The van der Waals surface area contributed by atoms with Crippen LogP contribution in [0.5, 0.6) is 5.75 Å². The number of hydrogen-bond acceptors (Lipinski definition) is 2. The lowest BCUT2D eigenvalue weighted by atomic mass is 9.97. The Hall–Kier alpha value is -1.75. The summed E-state index contributed by atoms with van der Waals surface area (Å²) in [5.41, 5.74) is 0.139. The molecular formula is C15H16F3NO. The van der Waals surface area contributed by atoms with Gasteiger partial charge in [-0.05, 0) is 23.4 Å². The van der Waals surface area contributed by atoms with E-state index in [0.29, 0.717) is 5.39 Å². The van der Waals surface area contributed by atoms with Crippen LogP contribution >= 0.6 is 0 Å². The highest BCUT2D eigenvalue weighted by atomic mass is 19.4. The summed E-state index contributed by atoms with van der Waals surface area (Å²) in [6.45, 7) is 1.87. The van der Waals surface area contributed by atoms with Gasteiger partial charge >= 0.3 is 6.18 Å². The van der Waals surface area contributed by atoms with Gasteiger partial charge in [0.05, 0.1) is 7.11 Å². The Morgan fingerprint density at radius 1 is 1.15 bits per heavy atom. The number of hydrogen-bond donors (Lipinski definition) is 1. The Labute approximate surface area is 115 Å². The van der Waals surface area contributed by atoms with Gasteiger partial charge in [-0.2, -0.15) is 13.2 Å². The molecule has 2 aromatic rings. The van der Waals surface area contributed by atoms with Crippen molar-refractivity contribution in [2.24, 2.45) is 0 Å². The molecule has 108 valence electrons. The van der Waals surface area contributed by atoms with E-state index in [-0.39, 0.29) is 17.9 Å². The van der Waals surface area contributed by atoms with Crippen LogP contribution in [0.15, 0.2) is 36.4 Å². The Morgan fingerprint density at radius 3 is 2.45 bits per heavy atom. The largest absolute Gasteiger partial charge is 0.496 e. The monoisotopic (exact) mass is 283 g/mol. The van der Waals surface area contributed by atoms with E-state index in [0.717, 1.165) is 5.39 Å². The number of ether oxygens (including phenoxy) is 1. The minimum absolute atomic E-state index is 0.139. The molecule has 0 bridgehead atoms. The molecular weight excluding hydrogens is 267 g/mol. The van der Waals surface area contributed by atoms with Crippen molar-refractivity contribution in [3.05, 3.63) is 42.0 Å². The van der Waals surface area contributed by atoms with Crippen LogP contribution in [0, 0.1) is 0 Å². The van der Waals surface area contributed by atoms with Crippen LogP contribution in [0.4, 0.5) is 13.2 Å². The molecule has 0 fully saturated rings. The van der Waals surface area contributed by atoms with Crippen LogP contribution in [-0.2, 0) is 0 Å². The fourth-order valence-corrected chi connectivity index (χ4v) is 2.34. The molecule has 0 aromatic heterocycles. The summed E-state index contributed by atoms with van der Waals surface area (Å²) in [5.74, 6) is 0.243. The molecule has 1 N–H and O–H groups in total. The van der Waals surface area contributed by atoms with E-state index in [1.807, 2.05) is 0 Å². The van der Waals surface area contributed by atoms with E-state index < -0.39 is 12.2 Å². The third-order valence-corrected chi connectivity index (χ3v) is 3.17. The minimum Gasteiger partial charge on any atom is -0.496 e. The van der Waals surface area contributed by atoms with Gasteiger partial charge in [0.2, 0.25) is 0 Å². The lowest BCUT2D eigenvalue weighted by Crippen LogP contribution is -2.34. The second-order valence-corrected chi connectivity index (χ2v) is 4.43. The van der Waals surface area contributed by atoms with Crippen molar-refractivity contribution >= 4 is 10.8 Å². The molecule has 0 aliphatic carbocycles.